The molecule has 224 valence electrons. The van der Waals surface area contributed by atoms with Crippen molar-refractivity contribution in [1.29, 1.82) is 0 Å². The summed E-state index contributed by atoms with van der Waals surface area (Å²) in [7, 11) is -4.64. The highest BCUT2D eigenvalue weighted by Crippen LogP contribution is 2.30. The van der Waals surface area contributed by atoms with Gasteiger partial charge in [0.15, 0.2) is 17.5 Å². The van der Waals surface area contributed by atoms with E-state index in [-0.39, 0.29) is 49.9 Å². The molecule has 1 aliphatic heterocycles. The summed E-state index contributed by atoms with van der Waals surface area (Å²) in [6, 6.07) is 9.51. The van der Waals surface area contributed by atoms with Crippen LogP contribution in [0.5, 0.6) is 0 Å². The van der Waals surface area contributed by atoms with Gasteiger partial charge in [-0.25, -0.2) is 17.7 Å². The number of halogens is 6. The van der Waals surface area contributed by atoms with Crippen LogP contribution >= 0.6 is 7.82 Å². The average Bonchev–Trinajstić information content (AvgIpc) is 3.31. The number of hydrogen-bond donors (Lipinski definition) is 4. The number of phosphoric acid groups is 1. The van der Waals surface area contributed by atoms with Gasteiger partial charge in [-0.05, 0) is 30.5 Å². The van der Waals surface area contributed by atoms with Crippen molar-refractivity contribution in [3.8, 4) is 0 Å². The Morgan fingerprint density at radius 2 is 1.63 bits per heavy atom. The highest BCUT2D eigenvalue weighted by Gasteiger charge is 2.40. The molecule has 3 aromatic rings. The van der Waals surface area contributed by atoms with E-state index >= 15 is 0 Å². The summed E-state index contributed by atoms with van der Waals surface area (Å²) in [6.07, 6.45) is -4.93. The van der Waals surface area contributed by atoms with E-state index < -0.39 is 49.2 Å². The first kappa shape index (κ1) is 32.2. The predicted molar refractivity (Wildman–Crippen MR) is 131 cm³/mol. The first-order valence-electron chi connectivity index (χ1n) is 12.0. The molecule has 0 bridgehead atoms. The second-order valence-electron chi connectivity index (χ2n) is 9.18. The summed E-state index contributed by atoms with van der Waals surface area (Å²) in [5.74, 6) is -4.97. The SMILES string of the molecule is C[C@H](N[C@@H](CC(=O)N1CCn2c(nnc2C(F)(F)F)C1)Cc1cc(F)c(F)cc1F)c1ccccc1.O=P(O)(O)O. The first-order chi connectivity index (χ1) is 19.0. The maximum atomic E-state index is 14.4. The Bertz CT molecular complexity index is 1390. The molecule has 4 N–H and O–H groups in total. The van der Waals surface area contributed by atoms with Crippen molar-refractivity contribution in [3.05, 3.63) is 82.7 Å². The summed E-state index contributed by atoms with van der Waals surface area (Å²) in [6.45, 7) is 1.56. The number of nitrogens with one attached hydrogen (secondary N) is 1. The fourth-order valence-electron chi connectivity index (χ4n) is 4.29. The van der Waals surface area contributed by atoms with Crippen molar-refractivity contribution in [2.24, 2.45) is 0 Å². The third-order valence-corrected chi connectivity index (χ3v) is 6.12. The van der Waals surface area contributed by atoms with E-state index in [1.54, 1.807) is 0 Å². The molecule has 1 aromatic heterocycles. The molecule has 0 radical (unpaired) electrons. The molecule has 2 atom stereocenters. The Morgan fingerprint density at radius 3 is 2.24 bits per heavy atom. The minimum Gasteiger partial charge on any atom is -0.333 e. The standard InChI is InChI=1S/C24H23F6N5O.H3O4P/c1-14(15-5-3-2-4-6-15)31-17(9-16-10-19(26)20(27)12-18(16)25)11-22(36)34-7-8-35-21(13-34)32-33-23(35)24(28,29)30;1-5(2,3)4/h2-6,10,12,14,17,31H,7-9,11,13H2,1H3;(H3,1,2,3,4)/t14-,17+;/m0./s1. The lowest BCUT2D eigenvalue weighted by Crippen LogP contribution is -2.43. The summed E-state index contributed by atoms with van der Waals surface area (Å²) < 4.78 is 90.7. The average molecular weight is 609 g/mol. The molecule has 0 saturated heterocycles. The minimum atomic E-state index is -4.66. The van der Waals surface area contributed by atoms with Gasteiger partial charge in [0.1, 0.15) is 5.82 Å². The number of fused-ring (bicyclic) bond motifs is 1. The molecule has 0 aliphatic carbocycles. The molecule has 1 aliphatic rings. The highest BCUT2D eigenvalue weighted by molar-refractivity contribution is 7.45. The van der Waals surface area contributed by atoms with Crippen molar-refractivity contribution >= 4 is 13.7 Å². The lowest BCUT2D eigenvalue weighted by molar-refractivity contribution is -0.148. The van der Waals surface area contributed by atoms with Gasteiger partial charge in [0.05, 0.1) is 6.54 Å². The number of carbonyl (C=O) groups is 1. The quantitative estimate of drug-likeness (QED) is 0.181. The van der Waals surface area contributed by atoms with E-state index in [0.717, 1.165) is 16.2 Å². The number of benzene rings is 2. The Labute approximate surface area is 229 Å². The molecule has 0 unspecified atom stereocenters. The molecular formula is C24H26F6N5O5P. The van der Waals surface area contributed by atoms with Gasteiger partial charge in [-0.2, -0.15) is 13.2 Å². The second-order valence-corrected chi connectivity index (χ2v) is 10.2. The van der Waals surface area contributed by atoms with Crippen molar-refractivity contribution in [3.63, 3.8) is 0 Å². The number of rotatable bonds is 7. The zero-order valence-corrected chi connectivity index (χ0v) is 22.3. The predicted octanol–water partition coefficient (Wildman–Crippen LogP) is 3.48. The topological polar surface area (TPSA) is 141 Å². The van der Waals surface area contributed by atoms with Crippen molar-refractivity contribution in [2.75, 3.05) is 6.54 Å². The molecule has 0 spiro atoms. The van der Waals surface area contributed by atoms with Crippen LogP contribution in [0.1, 0.15) is 42.2 Å². The van der Waals surface area contributed by atoms with Gasteiger partial charge in [-0.1, -0.05) is 30.3 Å². The highest BCUT2D eigenvalue weighted by atomic mass is 31.2. The fourth-order valence-corrected chi connectivity index (χ4v) is 4.29. The monoisotopic (exact) mass is 609 g/mol. The van der Waals surface area contributed by atoms with Crippen LogP contribution in [0.4, 0.5) is 26.3 Å². The van der Waals surface area contributed by atoms with Crippen LogP contribution in [0.15, 0.2) is 42.5 Å². The van der Waals surface area contributed by atoms with E-state index in [0.29, 0.717) is 6.07 Å². The Kier molecular flexibility index (Phi) is 10.3. The molecule has 2 heterocycles. The lowest BCUT2D eigenvalue weighted by atomic mass is 9.99. The van der Waals surface area contributed by atoms with Gasteiger partial charge in [0.2, 0.25) is 11.7 Å². The van der Waals surface area contributed by atoms with Gasteiger partial charge in [0.25, 0.3) is 0 Å². The van der Waals surface area contributed by atoms with Crippen LogP contribution < -0.4 is 5.32 Å². The second kappa shape index (κ2) is 13.1. The van der Waals surface area contributed by atoms with Crippen LogP contribution in [0.25, 0.3) is 0 Å². The van der Waals surface area contributed by atoms with Gasteiger partial charge < -0.3 is 29.5 Å². The van der Waals surface area contributed by atoms with Crippen LogP contribution in [0, 0.1) is 17.5 Å². The normalized spacial score (nSPS) is 15.0. The number of hydrogen-bond acceptors (Lipinski definition) is 5. The largest absolute Gasteiger partial charge is 0.466 e. The molecule has 1 amide bonds. The Hall–Kier alpha value is -3.30. The Morgan fingerprint density at radius 1 is 1.02 bits per heavy atom. The van der Waals surface area contributed by atoms with E-state index in [2.05, 4.69) is 15.5 Å². The summed E-state index contributed by atoms with van der Waals surface area (Å²) in [4.78, 5) is 36.0. The number of aromatic nitrogens is 3. The first-order valence-corrected chi connectivity index (χ1v) is 13.6. The van der Waals surface area contributed by atoms with E-state index in [9.17, 15) is 31.1 Å². The van der Waals surface area contributed by atoms with Gasteiger partial charge in [-0.15, -0.1) is 10.2 Å². The van der Waals surface area contributed by atoms with Crippen LogP contribution in [-0.2, 0) is 35.0 Å². The van der Waals surface area contributed by atoms with Gasteiger partial charge >= 0.3 is 14.0 Å². The number of alkyl halides is 3. The maximum Gasteiger partial charge on any atom is 0.466 e. The van der Waals surface area contributed by atoms with E-state index in [1.807, 2.05) is 37.3 Å². The Balaban J connectivity index is 0.000000850. The minimum absolute atomic E-state index is 0.00739. The van der Waals surface area contributed by atoms with Crippen molar-refractivity contribution < 1.29 is 50.4 Å². The third kappa shape index (κ3) is 9.36. The molecule has 0 saturated carbocycles. The summed E-state index contributed by atoms with van der Waals surface area (Å²) in [5.41, 5.74) is 0.791. The van der Waals surface area contributed by atoms with Crippen molar-refractivity contribution in [2.45, 2.75) is 51.1 Å². The summed E-state index contributed by atoms with van der Waals surface area (Å²) >= 11 is 0. The zero-order valence-electron chi connectivity index (χ0n) is 21.4. The molecule has 2 aromatic carbocycles. The number of nitrogens with zero attached hydrogens (tertiary/aromatic N) is 4. The molecule has 0 fully saturated rings. The van der Waals surface area contributed by atoms with Crippen LogP contribution in [-0.4, -0.2) is 52.8 Å². The molecule has 10 nitrogen and oxygen atoms in total. The van der Waals surface area contributed by atoms with Gasteiger partial charge in [-0.3, -0.25) is 4.79 Å². The van der Waals surface area contributed by atoms with Gasteiger partial charge in [0, 0.05) is 37.7 Å². The van der Waals surface area contributed by atoms with E-state index in [4.69, 9.17) is 19.2 Å². The van der Waals surface area contributed by atoms with Crippen molar-refractivity contribution in [1.82, 2.24) is 25.0 Å². The molecule has 17 heteroatoms. The fraction of sp³-hybridized carbons (Fsp3) is 0.375. The maximum absolute atomic E-state index is 14.4. The molecule has 41 heavy (non-hydrogen) atoms. The van der Waals surface area contributed by atoms with Crippen LogP contribution in [0.3, 0.4) is 0 Å². The van der Waals surface area contributed by atoms with E-state index in [1.165, 1.54) is 4.90 Å². The van der Waals surface area contributed by atoms with Crippen LogP contribution in [0.2, 0.25) is 0 Å². The molecular weight excluding hydrogens is 583 g/mol. The lowest BCUT2D eigenvalue weighted by Gasteiger charge is -2.30. The molecule has 4 rings (SSSR count). The zero-order chi connectivity index (χ0) is 30.5. The summed E-state index contributed by atoms with van der Waals surface area (Å²) in [5, 5.41) is 10.0. The number of amides is 1. The smallest absolute Gasteiger partial charge is 0.333 e. The third-order valence-electron chi connectivity index (χ3n) is 6.12. The number of carbonyl (C=O) groups excluding carboxylic acids is 1.